The molecule has 0 atom stereocenters. The fraction of sp³-hybridized carbons (Fsp3) is 0.111. The number of halogens is 1. The van der Waals surface area contributed by atoms with Crippen molar-refractivity contribution in [2.75, 3.05) is 11.9 Å². The average Bonchev–Trinajstić information content (AvgIpc) is 3.02. The predicted octanol–water partition coefficient (Wildman–Crippen LogP) is 4.79. The van der Waals surface area contributed by atoms with Gasteiger partial charge in [-0.15, -0.1) is 11.3 Å². The number of hydrogen-bond acceptors (Lipinski definition) is 4. The summed E-state index contributed by atoms with van der Waals surface area (Å²) in [5.74, 6) is 0.365. The molecule has 0 aliphatic carbocycles. The van der Waals surface area contributed by atoms with E-state index in [2.05, 4.69) is 10.3 Å². The Morgan fingerprint density at radius 1 is 1.21 bits per heavy atom. The van der Waals surface area contributed by atoms with Crippen molar-refractivity contribution in [2.24, 2.45) is 0 Å². The summed E-state index contributed by atoms with van der Waals surface area (Å²) in [5.41, 5.74) is 2.61. The molecule has 0 aliphatic rings. The third-order valence-electron chi connectivity index (χ3n) is 3.24. The molecule has 3 aromatic rings. The van der Waals surface area contributed by atoms with Gasteiger partial charge in [0.1, 0.15) is 10.8 Å². The number of nitrogens with zero attached hydrogens (tertiary/aromatic N) is 1. The second-order valence-electron chi connectivity index (χ2n) is 5.14. The van der Waals surface area contributed by atoms with E-state index in [0.717, 1.165) is 16.3 Å². The maximum atomic E-state index is 11.9. The van der Waals surface area contributed by atoms with Crippen molar-refractivity contribution in [1.29, 1.82) is 0 Å². The van der Waals surface area contributed by atoms with Gasteiger partial charge in [-0.1, -0.05) is 23.7 Å². The lowest BCUT2D eigenvalue weighted by molar-refractivity contribution is -0.118. The number of anilines is 1. The molecule has 0 spiro atoms. The van der Waals surface area contributed by atoms with Crippen LogP contribution in [0.3, 0.4) is 0 Å². The normalized spacial score (nSPS) is 10.4. The van der Waals surface area contributed by atoms with E-state index in [1.165, 1.54) is 0 Å². The Morgan fingerprint density at radius 3 is 2.62 bits per heavy atom. The number of thiazole rings is 1. The summed E-state index contributed by atoms with van der Waals surface area (Å²) < 4.78 is 5.50. The van der Waals surface area contributed by atoms with Crippen LogP contribution in [0.1, 0.15) is 5.69 Å². The Labute approximate surface area is 149 Å². The molecule has 0 unspecified atom stereocenters. The standard InChI is InChI=1S/C18H15ClN2O2S/c1-12-11-24-18(20-12)13-6-8-14(9-7-13)23-10-17(22)21-16-5-3-2-4-15(16)19/h2-9,11H,10H2,1H3,(H,21,22). The molecule has 4 nitrogen and oxygen atoms in total. The molecule has 3 rings (SSSR count). The second-order valence-corrected chi connectivity index (χ2v) is 6.40. The lowest BCUT2D eigenvalue weighted by atomic mass is 10.2. The molecule has 0 bridgehead atoms. The first-order valence-electron chi connectivity index (χ1n) is 7.31. The molecule has 0 radical (unpaired) electrons. The summed E-state index contributed by atoms with van der Waals surface area (Å²) in [7, 11) is 0. The highest BCUT2D eigenvalue weighted by atomic mass is 35.5. The number of hydrogen-bond donors (Lipinski definition) is 1. The minimum absolute atomic E-state index is 0.0824. The van der Waals surface area contributed by atoms with Crippen molar-refractivity contribution in [3.63, 3.8) is 0 Å². The summed E-state index contributed by atoms with van der Waals surface area (Å²) >= 11 is 7.60. The van der Waals surface area contributed by atoms with Crippen molar-refractivity contribution in [1.82, 2.24) is 4.98 Å². The fourth-order valence-electron chi connectivity index (χ4n) is 2.08. The zero-order valence-electron chi connectivity index (χ0n) is 13.0. The summed E-state index contributed by atoms with van der Waals surface area (Å²) in [6, 6.07) is 14.6. The molecule has 0 aliphatic heterocycles. The zero-order valence-corrected chi connectivity index (χ0v) is 14.5. The van der Waals surface area contributed by atoms with Crippen LogP contribution in [-0.4, -0.2) is 17.5 Å². The lowest BCUT2D eigenvalue weighted by Crippen LogP contribution is -2.20. The molecule has 0 fully saturated rings. The van der Waals surface area contributed by atoms with E-state index in [1.54, 1.807) is 35.6 Å². The van der Waals surface area contributed by atoms with E-state index in [-0.39, 0.29) is 12.5 Å². The van der Waals surface area contributed by atoms with Crippen molar-refractivity contribution in [2.45, 2.75) is 6.92 Å². The fourth-order valence-corrected chi connectivity index (χ4v) is 3.06. The van der Waals surface area contributed by atoms with Crippen LogP contribution in [-0.2, 0) is 4.79 Å². The Kier molecular flexibility index (Phi) is 5.13. The SMILES string of the molecule is Cc1csc(-c2ccc(OCC(=O)Nc3ccccc3Cl)cc2)n1. The highest BCUT2D eigenvalue weighted by Crippen LogP contribution is 2.25. The minimum atomic E-state index is -0.261. The predicted molar refractivity (Wildman–Crippen MR) is 97.9 cm³/mol. The lowest BCUT2D eigenvalue weighted by Gasteiger charge is -2.09. The van der Waals surface area contributed by atoms with Crippen molar-refractivity contribution >= 4 is 34.5 Å². The first-order chi connectivity index (χ1) is 11.6. The molecule has 1 heterocycles. The largest absolute Gasteiger partial charge is 0.484 e. The van der Waals surface area contributed by atoms with Gasteiger partial charge in [-0.05, 0) is 43.3 Å². The first-order valence-corrected chi connectivity index (χ1v) is 8.57. The highest BCUT2D eigenvalue weighted by molar-refractivity contribution is 7.13. The van der Waals surface area contributed by atoms with Crippen LogP contribution in [0.25, 0.3) is 10.6 Å². The number of carbonyl (C=O) groups is 1. The summed E-state index contributed by atoms with van der Waals surface area (Å²) in [5, 5.41) is 6.19. The van der Waals surface area contributed by atoms with Gasteiger partial charge >= 0.3 is 0 Å². The maximum Gasteiger partial charge on any atom is 0.262 e. The highest BCUT2D eigenvalue weighted by Gasteiger charge is 2.07. The van der Waals surface area contributed by atoms with Gasteiger partial charge in [0, 0.05) is 16.6 Å². The Bertz CT molecular complexity index is 846. The molecule has 1 N–H and O–H groups in total. The number of aromatic nitrogens is 1. The number of benzene rings is 2. The van der Waals surface area contributed by atoms with Crippen LogP contribution in [0.5, 0.6) is 5.75 Å². The van der Waals surface area contributed by atoms with Gasteiger partial charge in [0.2, 0.25) is 0 Å². The third-order valence-corrected chi connectivity index (χ3v) is 4.58. The van der Waals surface area contributed by atoms with Crippen LogP contribution < -0.4 is 10.1 Å². The smallest absolute Gasteiger partial charge is 0.262 e. The number of ether oxygens (including phenoxy) is 1. The van der Waals surface area contributed by atoms with E-state index in [4.69, 9.17) is 16.3 Å². The van der Waals surface area contributed by atoms with Gasteiger partial charge in [-0.2, -0.15) is 0 Å². The van der Waals surface area contributed by atoms with Crippen molar-refractivity contribution < 1.29 is 9.53 Å². The quantitative estimate of drug-likeness (QED) is 0.713. The summed E-state index contributed by atoms with van der Waals surface area (Å²) in [4.78, 5) is 16.4. The van der Waals surface area contributed by atoms with Gasteiger partial charge < -0.3 is 10.1 Å². The molecule has 122 valence electrons. The van der Waals surface area contributed by atoms with Gasteiger partial charge in [0.15, 0.2) is 6.61 Å². The number of rotatable bonds is 5. The number of carbonyl (C=O) groups excluding carboxylic acids is 1. The number of nitrogens with one attached hydrogen (secondary N) is 1. The minimum Gasteiger partial charge on any atom is -0.484 e. The molecule has 0 saturated heterocycles. The summed E-state index contributed by atoms with van der Waals surface area (Å²) in [6.07, 6.45) is 0. The monoisotopic (exact) mass is 358 g/mol. The van der Waals surface area contributed by atoms with E-state index < -0.39 is 0 Å². The summed E-state index contributed by atoms with van der Waals surface area (Å²) in [6.45, 7) is 1.88. The van der Waals surface area contributed by atoms with E-state index in [0.29, 0.717) is 16.5 Å². The van der Waals surface area contributed by atoms with Gasteiger partial charge in [-0.25, -0.2) is 4.98 Å². The number of aryl methyl sites for hydroxylation is 1. The van der Waals surface area contributed by atoms with Crippen molar-refractivity contribution in [3.05, 3.63) is 64.6 Å². The van der Waals surface area contributed by atoms with Crippen LogP contribution >= 0.6 is 22.9 Å². The molecule has 24 heavy (non-hydrogen) atoms. The third kappa shape index (κ3) is 4.13. The molecular formula is C18H15ClN2O2S. The molecule has 2 aromatic carbocycles. The second kappa shape index (κ2) is 7.47. The molecule has 1 aromatic heterocycles. The molecular weight excluding hydrogens is 344 g/mol. The number of amides is 1. The van der Waals surface area contributed by atoms with Crippen LogP contribution in [0.4, 0.5) is 5.69 Å². The van der Waals surface area contributed by atoms with E-state index in [9.17, 15) is 4.79 Å². The van der Waals surface area contributed by atoms with Crippen LogP contribution in [0, 0.1) is 6.92 Å². The van der Waals surface area contributed by atoms with Crippen LogP contribution in [0.15, 0.2) is 53.9 Å². The van der Waals surface area contributed by atoms with Crippen LogP contribution in [0.2, 0.25) is 5.02 Å². The van der Waals surface area contributed by atoms with Gasteiger partial charge in [0.25, 0.3) is 5.91 Å². The van der Waals surface area contributed by atoms with Crippen molar-refractivity contribution in [3.8, 4) is 16.3 Å². The number of para-hydroxylation sites is 1. The maximum absolute atomic E-state index is 11.9. The Hall–Kier alpha value is -2.37. The van der Waals surface area contributed by atoms with Gasteiger partial charge in [0.05, 0.1) is 10.7 Å². The topological polar surface area (TPSA) is 51.2 Å². The first kappa shape index (κ1) is 16.5. The average molecular weight is 359 g/mol. The molecule has 6 heteroatoms. The molecule has 1 amide bonds. The zero-order chi connectivity index (χ0) is 16.9. The Morgan fingerprint density at radius 2 is 1.96 bits per heavy atom. The van der Waals surface area contributed by atoms with Gasteiger partial charge in [-0.3, -0.25) is 4.79 Å². The molecule has 0 saturated carbocycles. The Balaban J connectivity index is 1.57. The van der Waals surface area contributed by atoms with E-state index >= 15 is 0 Å². The van der Waals surface area contributed by atoms with E-state index in [1.807, 2.05) is 36.6 Å².